The van der Waals surface area contributed by atoms with Gasteiger partial charge in [-0.3, -0.25) is 9.05 Å². The predicted molar refractivity (Wildman–Crippen MR) is 115 cm³/mol. The number of hydrogen-bond acceptors (Lipinski definition) is 14. The molecule has 2 atom stereocenters. The molecule has 0 spiro atoms. The summed E-state index contributed by atoms with van der Waals surface area (Å²) in [6.07, 6.45) is 0. The van der Waals surface area contributed by atoms with Crippen LogP contribution in [-0.2, 0) is 45.1 Å². The molecule has 0 amide bonds. The van der Waals surface area contributed by atoms with Crippen LogP contribution in [0.5, 0.6) is 11.5 Å². The zero-order valence-corrected chi connectivity index (χ0v) is 22.1. The maximum Gasteiger partial charge on any atom is 2.00 e. The maximum atomic E-state index is 11.3. The van der Waals surface area contributed by atoms with Gasteiger partial charge < -0.3 is 28.7 Å². The summed E-state index contributed by atoms with van der Waals surface area (Å²) in [5, 5.41) is 0. The Morgan fingerprint density at radius 2 is 0.757 bits per heavy atom. The molecule has 0 bridgehead atoms. The van der Waals surface area contributed by atoms with E-state index in [1.165, 1.54) is 12.1 Å². The fourth-order valence-corrected chi connectivity index (χ4v) is 2.97. The van der Waals surface area contributed by atoms with Crippen LogP contribution < -0.4 is 18.8 Å². The Labute approximate surface area is 222 Å². The molecule has 201 valence electrons. The van der Waals surface area contributed by atoms with E-state index in [4.69, 9.17) is 0 Å². The number of carbonyl (C=O) groups excluding carboxylic acids is 4. The molecule has 0 aromatic heterocycles. The van der Waals surface area contributed by atoms with E-state index in [9.17, 15) is 38.1 Å². The average Bonchev–Trinajstić information content (AvgIpc) is 2.85. The van der Waals surface area contributed by atoms with Gasteiger partial charge >= 0.3 is 57.5 Å². The molecule has 0 aliphatic rings. The number of rotatable bonds is 8. The number of esters is 4. The summed E-state index contributed by atoms with van der Waals surface area (Å²) in [4.78, 5) is 66.2. The van der Waals surface area contributed by atoms with E-state index in [2.05, 4.69) is 28.0 Å². The summed E-state index contributed by atoms with van der Waals surface area (Å²) in [5.41, 5.74) is -0.0843. The van der Waals surface area contributed by atoms with Gasteiger partial charge in [0.15, 0.2) is 11.5 Å². The summed E-state index contributed by atoms with van der Waals surface area (Å²) < 4.78 is 47.6. The first-order chi connectivity index (χ1) is 16.9. The second-order valence-corrected chi connectivity index (χ2v) is 7.35. The Bertz CT molecular complexity index is 1020. The van der Waals surface area contributed by atoms with Crippen LogP contribution in [0.1, 0.15) is 41.4 Å². The molecule has 2 aromatic carbocycles. The van der Waals surface area contributed by atoms with E-state index in [-0.39, 0.29) is 50.8 Å². The minimum absolute atomic E-state index is 0. The van der Waals surface area contributed by atoms with Gasteiger partial charge in [-0.2, -0.15) is 0 Å². The van der Waals surface area contributed by atoms with Crippen LogP contribution in [0.4, 0.5) is 0 Å². The van der Waals surface area contributed by atoms with E-state index < -0.39 is 40.4 Å². The molecule has 0 aliphatic carbocycles. The number of methoxy groups -OCH3 is 4. The first kappa shape index (κ1) is 33.6. The van der Waals surface area contributed by atoms with Crippen LogP contribution in [0.15, 0.2) is 36.4 Å². The van der Waals surface area contributed by atoms with Crippen molar-refractivity contribution in [2.24, 2.45) is 0 Å². The molecule has 0 fully saturated rings. The topological polar surface area (TPSA) is 204 Å². The molecule has 0 saturated carbocycles. The number of benzene rings is 2. The molecule has 0 aliphatic heterocycles. The Hall–Kier alpha value is -3.44. The van der Waals surface area contributed by atoms with Crippen molar-refractivity contribution in [1.82, 2.24) is 0 Å². The van der Waals surface area contributed by atoms with Crippen molar-refractivity contribution in [3.63, 3.8) is 0 Å². The largest absolute Gasteiger partial charge is 2.00 e. The summed E-state index contributed by atoms with van der Waals surface area (Å²) >= 11 is 0. The Kier molecular flexibility index (Phi) is 14.8. The normalized spacial score (nSPS) is 10.2. The predicted octanol–water partition coefficient (Wildman–Crippen LogP) is 1.31. The van der Waals surface area contributed by atoms with E-state index >= 15 is 0 Å². The molecule has 2 unspecified atom stereocenters. The van der Waals surface area contributed by atoms with Gasteiger partial charge in [0.25, 0.3) is 0 Å². The van der Waals surface area contributed by atoms with Crippen LogP contribution in [0.25, 0.3) is 0 Å². The molecule has 2 aromatic rings. The van der Waals surface area contributed by atoms with Crippen LogP contribution in [0.3, 0.4) is 0 Å². The van der Waals surface area contributed by atoms with Crippen LogP contribution in [-0.4, -0.2) is 52.3 Å². The van der Waals surface area contributed by atoms with Crippen molar-refractivity contribution >= 4 is 40.4 Å². The smallest absolute Gasteiger partial charge is 0.558 e. The minimum atomic E-state index is -3.15. The quantitative estimate of drug-likeness (QED) is 0.180. The fraction of sp³-hybridized carbons (Fsp3) is 0.200. The standard InChI is InChI=1S/2C10H9O7P.Cu/c2*1-15-9(11)6-3-7(10(12)16-2)5-8(4-6)17-18(13)14;/h2*3-5H,1-2H3;/q;;+2. The van der Waals surface area contributed by atoms with Crippen molar-refractivity contribution < 1.29 is 83.2 Å². The van der Waals surface area contributed by atoms with E-state index in [1.54, 1.807) is 0 Å². The summed E-state index contributed by atoms with van der Waals surface area (Å²) in [6.45, 7) is 0. The summed E-state index contributed by atoms with van der Waals surface area (Å²) in [7, 11) is -1.69. The van der Waals surface area contributed by atoms with Gasteiger partial charge in [-0.15, -0.1) is 0 Å². The van der Waals surface area contributed by atoms with Gasteiger partial charge in [-0.1, -0.05) is 0 Å². The minimum Gasteiger partial charge on any atom is -0.558 e. The zero-order chi connectivity index (χ0) is 27.4. The number of hydrogen-bond donors (Lipinski definition) is 0. The van der Waals surface area contributed by atoms with Crippen molar-refractivity contribution in [3.05, 3.63) is 58.7 Å². The van der Waals surface area contributed by atoms with E-state index in [0.717, 1.165) is 52.7 Å². The molecular weight excluding hydrogens is 590 g/mol. The van der Waals surface area contributed by atoms with Gasteiger partial charge in [-0.25, -0.2) is 19.2 Å². The first-order valence-corrected chi connectivity index (χ1v) is 11.4. The third kappa shape index (κ3) is 11.0. The molecule has 0 saturated heterocycles. The van der Waals surface area contributed by atoms with Gasteiger partial charge in [0.1, 0.15) is 0 Å². The van der Waals surface area contributed by atoms with Gasteiger partial charge in [-0.05, 0) is 21.3 Å². The van der Waals surface area contributed by atoms with Gasteiger partial charge in [0.2, 0.25) is 0 Å². The summed E-state index contributed by atoms with van der Waals surface area (Å²) in [5.74, 6) is -3.26. The molecule has 2 rings (SSSR count). The third-order valence-electron chi connectivity index (χ3n) is 3.86. The molecule has 0 heterocycles. The van der Waals surface area contributed by atoms with Gasteiger partial charge in [0, 0.05) is 24.3 Å². The molecule has 14 nitrogen and oxygen atoms in total. The monoisotopic (exact) mass is 607 g/mol. The average molecular weight is 608 g/mol. The zero-order valence-electron chi connectivity index (χ0n) is 19.4. The molecule has 0 N–H and O–H groups in total. The molecule has 17 heteroatoms. The van der Waals surface area contributed by atoms with Crippen molar-refractivity contribution in [2.45, 2.75) is 0 Å². The van der Waals surface area contributed by atoms with Crippen LogP contribution in [0.2, 0.25) is 0 Å². The number of ether oxygens (including phenoxy) is 4. The van der Waals surface area contributed by atoms with E-state index in [1.807, 2.05) is 0 Å². The van der Waals surface area contributed by atoms with E-state index in [0.29, 0.717) is 0 Å². The van der Waals surface area contributed by atoms with Crippen molar-refractivity contribution in [3.8, 4) is 11.5 Å². The van der Waals surface area contributed by atoms with Crippen LogP contribution in [0, 0.1) is 0 Å². The van der Waals surface area contributed by atoms with Crippen molar-refractivity contribution in [1.29, 1.82) is 0 Å². The van der Waals surface area contributed by atoms with Crippen LogP contribution >= 0.6 is 16.5 Å². The third-order valence-corrected chi connectivity index (χ3v) is 4.58. The first-order valence-electron chi connectivity index (χ1n) is 9.23. The number of carbonyl (C=O) groups is 4. The second-order valence-electron chi connectivity index (χ2n) is 6.09. The second kappa shape index (κ2) is 16.3. The Balaban J connectivity index is 0.000000682. The Morgan fingerprint density at radius 3 is 0.919 bits per heavy atom. The SMILES string of the molecule is COC(=O)c1cc(O[P+](=O)[O-])cc(C(=O)OC)c1.COC(=O)c1cc(O[P+](=O)[O-])cc(C(=O)OC)c1.[Cu+2]. The summed E-state index contributed by atoms with van der Waals surface area (Å²) in [6, 6.07) is 6.99. The molecule has 1 radical (unpaired) electrons. The van der Waals surface area contributed by atoms with Crippen molar-refractivity contribution in [2.75, 3.05) is 28.4 Å². The molecule has 37 heavy (non-hydrogen) atoms. The van der Waals surface area contributed by atoms with Gasteiger partial charge in [0.05, 0.1) is 50.7 Å². The fourth-order valence-electron chi connectivity index (χ4n) is 2.42. The molecular formula is C20H18CuO14P2+2. The Morgan fingerprint density at radius 1 is 0.541 bits per heavy atom. The maximum absolute atomic E-state index is 11.3.